The van der Waals surface area contributed by atoms with Crippen LogP contribution >= 0.6 is 0 Å². The van der Waals surface area contributed by atoms with Gasteiger partial charge >= 0.3 is 0 Å². The minimum absolute atomic E-state index is 0.0761. The van der Waals surface area contributed by atoms with Crippen molar-refractivity contribution < 1.29 is 23.7 Å². The van der Waals surface area contributed by atoms with Crippen LogP contribution in [0, 0.1) is 5.92 Å². The van der Waals surface area contributed by atoms with Crippen LogP contribution in [0.25, 0.3) is 0 Å². The number of ether oxygens (including phenoxy) is 4. The van der Waals surface area contributed by atoms with Crippen molar-refractivity contribution in [2.24, 2.45) is 5.92 Å². The van der Waals surface area contributed by atoms with Crippen molar-refractivity contribution in [3.05, 3.63) is 0 Å². The lowest BCUT2D eigenvalue weighted by atomic mass is 10.1. The van der Waals surface area contributed by atoms with Crippen LogP contribution in [0.15, 0.2) is 0 Å². The van der Waals surface area contributed by atoms with E-state index in [1.165, 1.54) is 0 Å². The predicted molar refractivity (Wildman–Crippen MR) is 98.9 cm³/mol. The van der Waals surface area contributed by atoms with E-state index < -0.39 is 0 Å². The van der Waals surface area contributed by atoms with Crippen LogP contribution in [0.4, 0.5) is 0 Å². The zero-order chi connectivity index (χ0) is 18.8. The van der Waals surface area contributed by atoms with E-state index in [4.69, 9.17) is 18.9 Å². The lowest BCUT2D eigenvalue weighted by molar-refractivity contribution is -0.122. The maximum atomic E-state index is 11.4. The third-order valence-corrected chi connectivity index (χ3v) is 3.08. The van der Waals surface area contributed by atoms with Gasteiger partial charge in [-0.15, -0.1) is 0 Å². The molecule has 150 valence electrons. The second-order valence-corrected chi connectivity index (χ2v) is 6.51. The zero-order valence-corrected chi connectivity index (χ0v) is 16.5. The normalized spacial score (nSPS) is 11.4. The van der Waals surface area contributed by atoms with Crippen LogP contribution < -0.4 is 10.6 Å². The predicted octanol–water partition coefficient (Wildman–Crippen LogP) is 1.21. The fourth-order valence-corrected chi connectivity index (χ4v) is 1.89. The molecule has 1 amide bonds. The van der Waals surface area contributed by atoms with Crippen molar-refractivity contribution in [1.82, 2.24) is 10.6 Å². The number of carbonyl (C=O) groups excluding carboxylic acids is 1. The monoisotopic (exact) mass is 362 g/mol. The molecule has 0 fully saturated rings. The van der Waals surface area contributed by atoms with Crippen LogP contribution in [0.5, 0.6) is 0 Å². The molecule has 0 spiro atoms. The Morgan fingerprint density at radius 3 is 1.60 bits per heavy atom. The van der Waals surface area contributed by atoms with Gasteiger partial charge in [-0.05, 0) is 5.92 Å². The lowest BCUT2D eigenvalue weighted by Gasteiger charge is -2.09. The molecule has 0 unspecified atom stereocenters. The Morgan fingerprint density at radius 2 is 1.16 bits per heavy atom. The summed E-state index contributed by atoms with van der Waals surface area (Å²) in [5, 5.41) is 6.11. The first-order chi connectivity index (χ1) is 12.0. The highest BCUT2D eigenvalue weighted by Gasteiger charge is 2.03. The van der Waals surface area contributed by atoms with Crippen molar-refractivity contribution in [2.45, 2.75) is 40.2 Å². The Hall–Kier alpha value is -0.730. The first-order valence-electron chi connectivity index (χ1n) is 9.33. The Labute approximate surface area is 153 Å². The molecule has 0 heterocycles. The molecule has 0 aromatic heterocycles. The van der Waals surface area contributed by atoms with Gasteiger partial charge in [-0.1, -0.05) is 27.7 Å². The maximum absolute atomic E-state index is 11.4. The number of carbonyl (C=O) groups is 1. The summed E-state index contributed by atoms with van der Waals surface area (Å²) in [4.78, 5) is 11.4. The van der Waals surface area contributed by atoms with Gasteiger partial charge in [0, 0.05) is 25.6 Å². The van der Waals surface area contributed by atoms with Crippen LogP contribution in [0.3, 0.4) is 0 Å². The molecule has 0 atom stereocenters. The molecule has 7 nitrogen and oxygen atoms in total. The smallest absolute Gasteiger partial charge is 0.220 e. The van der Waals surface area contributed by atoms with Crippen LogP contribution in [0.1, 0.15) is 34.1 Å². The molecule has 0 aliphatic rings. The zero-order valence-electron chi connectivity index (χ0n) is 16.5. The Balaban J connectivity index is 3.08. The minimum atomic E-state index is 0.0761. The molecule has 0 aliphatic heterocycles. The fourth-order valence-electron chi connectivity index (χ4n) is 1.89. The Bertz CT molecular complexity index is 301. The molecule has 0 aliphatic carbocycles. The van der Waals surface area contributed by atoms with Crippen molar-refractivity contribution in [3.63, 3.8) is 0 Å². The van der Waals surface area contributed by atoms with Gasteiger partial charge in [-0.2, -0.15) is 0 Å². The third kappa shape index (κ3) is 21.2. The minimum Gasteiger partial charge on any atom is -0.378 e. The van der Waals surface area contributed by atoms with Crippen LogP contribution in [-0.4, -0.2) is 77.9 Å². The first-order valence-corrected chi connectivity index (χ1v) is 9.33. The van der Waals surface area contributed by atoms with E-state index in [0.717, 1.165) is 6.54 Å². The molecule has 0 saturated heterocycles. The van der Waals surface area contributed by atoms with E-state index >= 15 is 0 Å². The average Bonchev–Trinajstić information content (AvgIpc) is 2.53. The summed E-state index contributed by atoms with van der Waals surface area (Å²) in [5.41, 5.74) is 0. The molecule has 7 heteroatoms. The summed E-state index contributed by atoms with van der Waals surface area (Å²) in [7, 11) is 0. The van der Waals surface area contributed by atoms with E-state index in [1.54, 1.807) is 0 Å². The topological polar surface area (TPSA) is 78.1 Å². The van der Waals surface area contributed by atoms with Crippen molar-refractivity contribution in [2.75, 3.05) is 65.9 Å². The summed E-state index contributed by atoms with van der Waals surface area (Å²) in [6.07, 6.45) is 0.559. The van der Waals surface area contributed by atoms with Gasteiger partial charge in [0.1, 0.15) is 0 Å². The molecule has 0 saturated carbocycles. The number of hydrogen-bond donors (Lipinski definition) is 2. The molecule has 0 radical (unpaired) electrons. The summed E-state index contributed by atoms with van der Waals surface area (Å²) in [6, 6.07) is 0.490. The summed E-state index contributed by atoms with van der Waals surface area (Å²) >= 11 is 0. The third-order valence-electron chi connectivity index (χ3n) is 3.08. The highest BCUT2D eigenvalue weighted by molar-refractivity contribution is 5.75. The van der Waals surface area contributed by atoms with E-state index in [1.807, 2.05) is 13.8 Å². The van der Waals surface area contributed by atoms with Crippen LogP contribution in [0.2, 0.25) is 0 Å². The number of rotatable bonds is 18. The molecular weight excluding hydrogens is 324 g/mol. The van der Waals surface area contributed by atoms with E-state index in [-0.39, 0.29) is 5.91 Å². The van der Waals surface area contributed by atoms with Gasteiger partial charge < -0.3 is 29.6 Å². The largest absolute Gasteiger partial charge is 0.378 e. The highest BCUT2D eigenvalue weighted by Crippen LogP contribution is 1.97. The second-order valence-electron chi connectivity index (χ2n) is 6.51. The fraction of sp³-hybridized carbons (Fsp3) is 0.944. The van der Waals surface area contributed by atoms with Crippen molar-refractivity contribution in [3.8, 4) is 0 Å². The van der Waals surface area contributed by atoms with Crippen LogP contribution in [-0.2, 0) is 23.7 Å². The number of amides is 1. The number of hydrogen-bond acceptors (Lipinski definition) is 6. The first kappa shape index (κ1) is 24.3. The van der Waals surface area contributed by atoms with Gasteiger partial charge in [0.25, 0.3) is 0 Å². The number of nitrogens with one attached hydrogen (secondary N) is 2. The maximum Gasteiger partial charge on any atom is 0.220 e. The molecule has 2 N–H and O–H groups in total. The average molecular weight is 363 g/mol. The van der Waals surface area contributed by atoms with E-state index in [0.29, 0.717) is 77.8 Å². The van der Waals surface area contributed by atoms with Gasteiger partial charge in [-0.3, -0.25) is 4.79 Å². The molecule has 0 rings (SSSR count). The quantitative estimate of drug-likeness (QED) is 0.357. The molecular formula is C18H38N2O5. The van der Waals surface area contributed by atoms with Gasteiger partial charge in [0.15, 0.2) is 0 Å². The van der Waals surface area contributed by atoms with Gasteiger partial charge in [-0.25, -0.2) is 0 Å². The Kier molecular flexibility index (Phi) is 17.5. The standard InChI is InChI=1S/C18H38N2O5/c1-16(2)15-18(21)20-6-8-23-10-12-25-14-13-24-11-9-22-7-5-19-17(3)4/h16-17,19H,5-15H2,1-4H3,(H,20,21). The summed E-state index contributed by atoms with van der Waals surface area (Å²) in [6.45, 7) is 14.2. The van der Waals surface area contributed by atoms with Gasteiger partial charge in [0.2, 0.25) is 5.91 Å². The molecule has 0 aromatic carbocycles. The molecule has 0 aromatic rings. The van der Waals surface area contributed by atoms with Gasteiger partial charge in [0.05, 0.1) is 52.9 Å². The SMILES string of the molecule is CC(C)CC(=O)NCCOCCOCCOCCOCCNC(C)C. The Morgan fingerprint density at radius 1 is 0.720 bits per heavy atom. The van der Waals surface area contributed by atoms with Crippen molar-refractivity contribution >= 4 is 5.91 Å². The summed E-state index contributed by atoms with van der Waals surface area (Å²) < 4.78 is 21.6. The lowest BCUT2D eigenvalue weighted by Crippen LogP contribution is -2.28. The van der Waals surface area contributed by atoms with E-state index in [2.05, 4.69) is 24.5 Å². The second kappa shape index (κ2) is 18.1. The highest BCUT2D eigenvalue weighted by atomic mass is 16.6. The molecule has 25 heavy (non-hydrogen) atoms. The van der Waals surface area contributed by atoms with Crippen molar-refractivity contribution in [1.29, 1.82) is 0 Å². The summed E-state index contributed by atoms with van der Waals surface area (Å²) in [5.74, 6) is 0.456. The van der Waals surface area contributed by atoms with E-state index in [9.17, 15) is 4.79 Å². The molecule has 0 bridgehead atoms.